The van der Waals surface area contributed by atoms with Crippen molar-refractivity contribution in [1.29, 1.82) is 0 Å². The lowest BCUT2D eigenvalue weighted by molar-refractivity contribution is 0.452. The lowest BCUT2D eigenvalue weighted by atomic mass is 10.1. The first-order valence-electron chi connectivity index (χ1n) is 6.20. The van der Waals surface area contributed by atoms with Gasteiger partial charge in [0.1, 0.15) is 11.6 Å². The third kappa shape index (κ3) is 4.62. The van der Waals surface area contributed by atoms with E-state index >= 15 is 0 Å². The molecule has 0 fully saturated rings. The summed E-state index contributed by atoms with van der Waals surface area (Å²) >= 11 is 3.56. The lowest BCUT2D eigenvalue weighted by Gasteiger charge is -2.05. The first-order chi connectivity index (χ1) is 10.3. The van der Waals surface area contributed by atoms with Crippen LogP contribution in [-0.4, -0.2) is 6.67 Å². The first kappa shape index (κ1) is 18.3. The van der Waals surface area contributed by atoms with Gasteiger partial charge in [-0.25, -0.2) is 17.6 Å². The number of benzene rings is 2. The van der Waals surface area contributed by atoms with Gasteiger partial charge in [-0.3, -0.25) is 4.39 Å². The zero-order chi connectivity index (χ0) is 16.9. The molecule has 7 heteroatoms. The fraction of sp³-hybridized carbons (Fsp3) is 0.200. The van der Waals surface area contributed by atoms with E-state index in [2.05, 4.69) is 12.6 Å². The van der Waals surface area contributed by atoms with E-state index in [9.17, 15) is 22.0 Å². The van der Waals surface area contributed by atoms with Gasteiger partial charge in [0, 0.05) is 28.6 Å². The van der Waals surface area contributed by atoms with Gasteiger partial charge < -0.3 is 5.73 Å². The van der Waals surface area contributed by atoms with Crippen LogP contribution >= 0.6 is 12.6 Å². The third-order valence-corrected chi connectivity index (χ3v) is 3.25. The van der Waals surface area contributed by atoms with E-state index in [0.29, 0.717) is 17.3 Å². The molecule has 0 saturated heterocycles. The summed E-state index contributed by atoms with van der Waals surface area (Å²) in [7, 11) is 0. The maximum absolute atomic E-state index is 12.9. The highest BCUT2D eigenvalue weighted by atomic mass is 32.1. The van der Waals surface area contributed by atoms with Gasteiger partial charge in [0.2, 0.25) is 0 Å². The number of halogens is 5. The Morgan fingerprint density at radius 1 is 1.00 bits per heavy atom. The highest BCUT2D eigenvalue weighted by Crippen LogP contribution is 2.24. The van der Waals surface area contributed by atoms with Crippen LogP contribution in [0.25, 0.3) is 0 Å². The minimum absolute atomic E-state index is 0.232. The van der Waals surface area contributed by atoms with Crippen molar-refractivity contribution in [3.8, 4) is 0 Å². The summed E-state index contributed by atoms with van der Waals surface area (Å²) in [4.78, 5) is -0.463. The molecular formula is C15H14F5NS. The van der Waals surface area contributed by atoms with Gasteiger partial charge >= 0.3 is 0 Å². The Kier molecular flexibility index (Phi) is 6.67. The smallest absolute Gasteiger partial charge is 0.172 e. The summed E-state index contributed by atoms with van der Waals surface area (Å²) in [6.07, 6.45) is -0.304. The summed E-state index contributed by atoms with van der Waals surface area (Å²) in [6.45, 7) is 0.865. The number of nitrogens with two attached hydrogens (primary N) is 1. The number of anilines is 1. The van der Waals surface area contributed by atoms with Crippen LogP contribution in [0.2, 0.25) is 0 Å². The maximum Gasteiger partial charge on any atom is 0.172 e. The standard InChI is InChI=1S/C8H6F4S.C7H8FN/c9-2-1-4-5(10)3-6(11)7(12)8(4)13;1-5-2-3-6(9)4-7(5)8/h3,13H,1-2H2;2-4H,9H2,1H3. The Balaban J connectivity index is 0.000000235. The maximum atomic E-state index is 12.9. The molecule has 0 radical (unpaired) electrons. The van der Waals surface area contributed by atoms with Crippen LogP contribution in [0.4, 0.5) is 27.6 Å². The van der Waals surface area contributed by atoms with Crippen LogP contribution in [0.15, 0.2) is 29.2 Å². The number of nitrogen functional groups attached to an aromatic ring is 1. The number of hydrogen-bond donors (Lipinski definition) is 2. The second kappa shape index (κ2) is 8.03. The van der Waals surface area contributed by atoms with Crippen molar-refractivity contribution >= 4 is 18.3 Å². The molecule has 0 amide bonds. The molecule has 1 nitrogen and oxygen atoms in total. The monoisotopic (exact) mass is 335 g/mol. The van der Waals surface area contributed by atoms with Crippen LogP contribution in [0.1, 0.15) is 11.1 Å². The zero-order valence-corrected chi connectivity index (χ0v) is 12.5. The van der Waals surface area contributed by atoms with Crippen LogP contribution in [-0.2, 0) is 6.42 Å². The molecule has 0 saturated carbocycles. The molecule has 0 unspecified atom stereocenters. The van der Waals surface area contributed by atoms with Gasteiger partial charge in [0.15, 0.2) is 11.6 Å². The van der Waals surface area contributed by atoms with Crippen molar-refractivity contribution in [1.82, 2.24) is 0 Å². The van der Waals surface area contributed by atoms with Crippen LogP contribution in [0.3, 0.4) is 0 Å². The number of aryl methyl sites for hydroxylation is 1. The fourth-order valence-corrected chi connectivity index (χ4v) is 1.89. The Morgan fingerprint density at radius 2 is 1.64 bits per heavy atom. The Hall–Kier alpha value is -1.76. The summed E-state index contributed by atoms with van der Waals surface area (Å²) in [5.74, 6) is -3.77. The molecular weight excluding hydrogens is 321 g/mol. The highest BCUT2D eigenvalue weighted by molar-refractivity contribution is 7.80. The number of thiol groups is 1. The molecule has 22 heavy (non-hydrogen) atoms. The third-order valence-electron chi connectivity index (χ3n) is 2.79. The second-order valence-corrected chi connectivity index (χ2v) is 4.88. The van der Waals surface area contributed by atoms with E-state index in [4.69, 9.17) is 5.73 Å². The molecule has 0 aliphatic carbocycles. The van der Waals surface area contributed by atoms with Crippen molar-refractivity contribution in [3.05, 3.63) is 58.7 Å². The first-order valence-corrected chi connectivity index (χ1v) is 6.65. The summed E-state index contributed by atoms with van der Waals surface area (Å²) in [5.41, 5.74) is 6.16. The normalized spacial score (nSPS) is 10.1. The Morgan fingerprint density at radius 3 is 2.14 bits per heavy atom. The molecule has 2 aromatic carbocycles. The minimum Gasteiger partial charge on any atom is -0.399 e. The van der Waals surface area contributed by atoms with Gasteiger partial charge in [-0.2, -0.15) is 0 Å². The van der Waals surface area contributed by atoms with Gasteiger partial charge in [-0.1, -0.05) is 6.07 Å². The molecule has 2 N–H and O–H groups in total. The van der Waals surface area contributed by atoms with Crippen molar-refractivity contribution in [3.63, 3.8) is 0 Å². The molecule has 120 valence electrons. The SMILES string of the molecule is Cc1ccc(N)cc1F.FCCc1c(F)cc(F)c(F)c1S. The highest BCUT2D eigenvalue weighted by Gasteiger charge is 2.15. The van der Waals surface area contributed by atoms with Gasteiger partial charge in [-0.15, -0.1) is 12.6 Å². The molecule has 0 spiro atoms. The summed E-state index contributed by atoms with van der Waals surface area (Å²) < 4.78 is 62.5. The summed E-state index contributed by atoms with van der Waals surface area (Å²) in [5, 5.41) is 0. The molecule has 0 aromatic heterocycles. The van der Waals surface area contributed by atoms with E-state index in [1.807, 2.05) is 0 Å². The fourth-order valence-electron chi connectivity index (χ4n) is 1.56. The predicted octanol–water partition coefficient (Wildman–Crippen LogP) is 4.62. The largest absolute Gasteiger partial charge is 0.399 e. The zero-order valence-electron chi connectivity index (χ0n) is 11.6. The number of alkyl halides is 1. The van der Waals surface area contributed by atoms with E-state index in [0.717, 1.165) is 0 Å². The van der Waals surface area contributed by atoms with Crippen molar-refractivity contribution in [2.24, 2.45) is 0 Å². The van der Waals surface area contributed by atoms with E-state index in [1.165, 1.54) is 6.07 Å². The van der Waals surface area contributed by atoms with Crippen molar-refractivity contribution in [2.45, 2.75) is 18.2 Å². The average Bonchev–Trinajstić information content (AvgIpc) is 2.46. The Bertz CT molecular complexity index is 661. The number of rotatable bonds is 2. The predicted molar refractivity (Wildman–Crippen MR) is 78.8 cm³/mol. The summed E-state index contributed by atoms with van der Waals surface area (Å²) in [6, 6.07) is 5.04. The molecule has 0 aliphatic heterocycles. The van der Waals surface area contributed by atoms with Crippen molar-refractivity contribution in [2.75, 3.05) is 12.4 Å². The van der Waals surface area contributed by atoms with Crippen LogP contribution < -0.4 is 5.73 Å². The molecule has 0 heterocycles. The average molecular weight is 335 g/mol. The van der Waals surface area contributed by atoms with Gasteiger partial charge in [0.25, 0.3) is 0 Å². The Labute approximate surface area is 130 Å². The topological polar surface area (TPSA) is 26.0 Å². The lowest BCUT2D eigenvalue weighted by Crippen LogP contribution is -1.99. The number of hydrogen-bond acceptors (Lipinski definition) is 2. The van der Waals surface area contributed by atoms with E-state index in [-0.39, 0.29) is 17.8 Å². The molecule has 0 atom stereocenters. The second-order valence-electron chi connectivity index (χ2n) is 4.43. The van der Waals surface area contributed by atoms with Crippen molar-refractivity contribution < 1.29 is 22.0 Å². The minimum atomic E-state index is -1.31. The van der Waals surface area contributed by atoms with Gasteiger partial charge in [-0.05, 0) is 24.6 Å². The molecule has 0 bridgehead atoms. The van der Waals surface area contributed by atoms with Crippen LogP contribution in [0.5, 0.6) is 0 Å². The molecule has 2 aromatic rings. The van der Waals surface area contributed by atoms with Gasteiger partial charge in [0.05, 0.1) is 6.67 Å². The van der Waals surface area contributed by atoms with Crippen LogP contribution in [0, 0.1) is 30.2 Å². The van der Waals surface area contributed by atoms with E-state index in [1.54, 1.807) is 19.1 Å². The molecule has 2 rings (SSSR count). The molecule has 0 aliphatic rings. The van der Waals surface area contributed by atoms with E-state index < -0.39 is 29.0 Å². The quantitative estimate of drug-likeness (QED) is 0.356.